The van der Waals surface area contributed by atoms with Gasteiger partial charge in [0.2, 0.25) is 5.88 Å². The highest BCUT2D eigenvalue weighted by molar-refractivity contribution is 5.93. The molecule has 0 bridgehead atoms. The first-order chi connectivity index (χ1) is 9.44. The molecule has 1 aliphatic heterocycles. The van der Waals surface area contributed by atoms with Crippen LogP contribution in [0.3, 0.4) is 0 Å². The summed E-state index contributed by atoms with van der Waals surface area (Å²) in [5, 5.41) is 1.77. The smallest absolute Gasteiger partial charge is 0.405 e. The summed E-state index contributed by atoms with van der Waals surface area (Å²) >= 11 is 0. The van der Waals surface area contributed by atoms with E-state index in [1.807, 2.05) is 0 Å². The monoisotopic (exact) mass is 290 g/mol. The van der Waals surface area contributed by atoms with Crippen LogP contribution < -0.4 is 10.1 Å². The van der Waals surface area contributed by atoms with E-state index in [1.165, 1.54) is 18.3 Å². The average Bonchev–Trinajstić information content (AvgIpc) is 2.89. The van der Waals surface area contributed by atoms with Gasteiger partial charge in [-0.3, -0.25) is 4.79 Å². The SMILES string of the molecule is O=C(NCC(F)(F)F)c1ccc(O[C@H]2CCOC2)nc1. The number of carbonyl (C=O) groups excluding carboxylic acids is 1. The van der Waals surface area contributed by atoms with Gasteiger partial charge in [-0.05, 0) is 6.07 Å². The maximum Gasteiger partial charge on any atom is 0.405 e. The highest BCUT2D eigenvalue weighted by Gasteiger charge is 2.28. The van der Waals surface area contributed by atoms with Gasteiger partial charge in [0.25, 0.3) is 5.91 Å². The molecule has 20 heavy (non-hydrogen) atoms. The predicted octanol–water partition coefficient (Wildman–Crippen LogP) is 1.54. The van der Waals surface area contributed by atoms with Crippen LogP contribution in [0.25, 0.3) is 0 Å². The Morgan fingerprint density at radius 1 is 1.50 bits per heavy atom. The van der Waals surface area contributed by atoms with Crippen LogP contribution in [0, 0.1) is 0 Å². The van der Waals surface area contributed by atoms with E-state index < -0.39 is 18.6 Å². The molecule has 1 N–H and O–H groups in total. The van der Waals surface area contributed by atoms with Crippen molar-refractivity contribution in [2.75, 3.05) is 19.8 Å². The molecule has 2 heterocycles. The number of hydrogen-bond acceptors (Lipinski definition) is 4. The third kappa shape index (κ3) is 4.37. The Balaban J connectivity index is 1.88. The number of ether oxygens (including phenoxy) is 2. The zero-order valence-electron chi connectivity index (χ0n) is 10.4. The van der Waals surface area contributed by atoms with Crippen LogP contribution in [0.5, 0.6) is 5.88 Å². The van der Waals surface area contributed by atoms with E-state index in [4.69, 9.17) is 9.47 Å². The molecule has 1 fully saturated rings. The van der Waals surface area contributed by atoms with Gasteiger partial charge in [-0.2, -0.15) is 13.2 Å². The molecular formula is C12H13F3N2O3. The van der Waals surface area contributed by atoms with E-state index in [1.54, 1.807) is 5.32 Å². The van der Waals surface area contributed by atoms with Crippen molar-refractivity contribution in [1.29, 1.82) is 0 Å². The van der Waals surface area contributed by atoms with E-state index in [0.717, 1.165) is 6.42 Å². The predicted molar refractivity (Wildman–Crippen MR) is 62.5 cm³/mol. The Bertz CT molecular complexity index is 456. The van der Waals surface area contributed by atoms with Gasteiger partial charge in [0.1, 0.15) is 12.6 Å². The minimum absolute atomic E-state index is 0.0456. The van der Waals surface area contributed by atoms with Crippen molar-refractivity contribution in [3.63, 3.8) is 0 Å². The van der Waals surface area contributed by atoms with Crippen LogP contribution in [-0.2, 0) is 4.74 Å². The second-order valence-corrected chi connectivity index (χ2v) is 4.29. The summed E-state index contributed by atoms with van der Waals surface area (Å²) in [5.41, 5.74) is 0.0456. The summed E-state index contributed by atoms with van der Waals surface area (Å²) in [4.78, 5) is 15.3. The van der Waals surface area contributed by atoms with E-state index in [2.05, 4.69) is 4.98 Å². The summed E-state index contributed by atoms with van der Waals surface area (Å²) in [6, 6.07) is 2.81. The lowest BCUT2D eigenvalue weighted by Gasteiger charge is -2.11. The molecule has 5 nitrogen and oxygen atoms in total. The Kier molecular flexibility index (Phi) is 4.43. The van der Waals surface area contributed by atoms with E-state index in [9.17, 15) is 18.0 Å². The molecule has 0 spiro atoms. The Morgan fingerprint density at radius 2 is 2.30 bits per heavy atom. The zero-order chi connectivity index (χ0) is 14.6. The molecule has 0 unspecified atom stereocenters. The highest BCUT2D eigenvalue weighted by Crippen LogP contribution is 2.15. The number of nitrogens with one attached hydrogen (secondary N) is 1. The van der Waals surface area contributed by atoms with Gasteiger partial charge in [-0.25, -0.2) is 4.98 Å². The summed E-state index contributed by atoms with van der Waals surface area (Å²) in [5.74, 6) is -0.515. The normalized spacial score (nSPS) is 18.9. The molecule has 2 rings (SSSR count). The van der Waals surface area contributed by atoms with Crippen LogP contribution in [0.2, 0.25) is 0 Å². The number of carbonyl (C=O) groups is 1. The second kappa shape index (κ2) is 6.08. The standard InChI is InChI=1S/C12H13F3N2O3/c13-12(14,15)7-17-11(18)8-1-2-10(16-5-8)20-9-3-4-19-6-9/h1-2,5,9H,3-4,6-7H2,(H,17,18)/t9-/m0/s1. The van der Waals surface area contributed by atoms with Crippen molar-refractivity contribution in [2.24, 2.45) is 0 Å². The van der Waals surface area contributed by atoms with E-state index >= 15 is 0 Å². The fourth-order valence-corrected chi connectivity index (χ4v) is 1.64. The van der Waals surface area contributed by atoms with Crippen LogP contribution in [0.4, 0.5) is 13.2 Å². The van der Waals surface area contributed by atoms with Crippen LogP contribution >= 0.6 is 0 Å². The molecule has 1 amide bonds. The minimum Gasteiger partial charge on any atom is -0.472 e. The van der Waals surface area contributed by atoms with Gasteiger partial charge in [0.05, 0.1) is 18.8 Å². The van der Waals surface area contributed by atoms with E-state index in [0.29, 0.717) is 19.1 Å². The lowest BCUT2D eigenvalue weighted by Crippen LogP contribution is -2.33. The first-order valence-electron chi connectivity index (χ1n) is 5.99. The Labute approximate surface area is 113 Å². The fraction of sp³-hybridized carbons (Fsp3) is 0.500. The number of hydrogen-bond donors (Lipinski definition) is 1. The maximum absolute atomic E-state index is 12.0. The van der Waals surface area contributed by atoms with E-state index in [-0.39, 0.29) is 11.7 Å². The van der Waals surface area contributed by atoms with Gasteiger partial charge in [-0.15, -0.1) is 0 Å². The number of alkyl halides is 3. The zero-order valence-corrected chi connectivity index (χ0v) is 10.4. The number of amides is 1. The molecule has 0 radical (unpaired) electrons. The number of aromatic nitrogens is 1. The maximum atomic E-state index is 12.0. The first-order valence-corrected chi connectivity index (χ1v) is 5.99. The fourth-order valence-electron chi connectivity index (χ4n) is 1.64. The molecule has 0 saturated carbocycles. The molecular weight excluding hydrogens is 277 g/mol. The second-order valence-electron chi connectivity index (χ2n) is 4.29. The van der Waals surface area contributed by atoms with Gasteiger partial charge in [0.15, 0.2) is 0 Å². The van der Waals surface area contributed by atoms with Crippen LogP contribution in [0.1, 0.15) is 16.8 Å². The van der Waals surface area contributed by atoms with Gasteiger partial charge in [0, 0.05) is 18.7 Å². The average molecular weight is 290 g/mol. The van der Waals surface area contributed by atoms with Gasteiger partial charge in [-0.1, -0.05) is 0 Å². The third-order valence-corrected chi connectivity index (χ3v) is 2.62. The summed E-state index contributed by atoms with van der Waals surface area (Å²) in [7, 11) is 0. The van der Waals surface area contributed by atoms with Crippen LogP contribution in [-0.4, -0.2) is 42.9 Å². The highest BCUT2D eigenvalue weighted by atomic mass is 19.4. The van der Waals surface area contributed by atoms with Crippen molar-refractivity contribution in [1.82, 2.24) is 10.3 Å². The van der Waals surface area contributed by atoms with Crippen molar-refractivity contribution in [2.45, 2.75) is 18.7 Å². The van der Waals surface area contributed by atoms with Gasteiger partial charge >= 0.3 is 6.18 Å². The Morgan fingerprint density at radius 3 is 2.85 bits per heavy atom. The van der Waals surface area contributed by atoms with Crippen LogP contribution in [0.15, 0.2) is 18.3 Å². The Hall–Kier alpha value is -1.83. The van der Waals surface area contributed by atoms with Crippen molar-refractivity contribution in [3.8, 4) is 5.88 Å². The molecule has 1 saturated heterocycles. The summed E-state index contributed by atoms with van der Waals surface area (Å²) in [6.07, 6.45) is -2.58. The topological polar surface area (TPSA) is 60.5 Å². The first kappa shape index (κ1) is 14.6. The molecule has 1 aliphatic rings. The lowest BCUT2D eigenvalue weighted by atomic mass is 10.2. The minimum atomic E-state index is -4.44. The number of rotatable bonds is 4. The van der Waals surface area contributed by atoms with Crippen molar-refractivity contribution < 1.29 is 27.4 Å². The lowest BCUT2D eigenvalue weighted by molar-refractivity contribution is -0.123. The number of pyridine rings is 1. The molecule has 1 aromatic rings. The molecule has 110 valence electrons. The molecule has 0 aromatic carbocycles. The van der Waals surface area contributed by atoms with Crippen molar-refractivity contribution >= 4 is 5.91 Å². The van der Waals surface area contributed by atoms with Crippen molar-refractivity contribution in [3.05, 3.63) is 23.9 Å². The molecule has 0 aliphatic carbocycles. The third-order valence-electron chi connectivity index (χ3n) is 2.62. The number of halogens is 3. The largest absolute Gasteiger partial charge is 0.472 e. The van der Waals surface area contributed by atoms with Gasteiger partial charge < -0.3 is 14.8 Å². The molecule has 1 aromatic heterocycles. The molecule has 8 heteroatoms. The molecule has 1 atom stereocenters. The summed E-state index contributed by atoms with van der Waals surface area (Å²) < 4.78 is 46.5. The quantitative estimate of drug-likeness (QED) is 0.914. The number of nitrogens with zero attached hydrogens (tertiary/aromatic N) is 1. The summed E-state index contributed by atoms with van der Waals surface area (Å²) in [6.45, 7) is -0.262.